The molecule has 0 saturated heterocycles. The van der Waals surface area contributed by atoms with E-state index in [4.69, 9.17) is 0 Å². The van der Waals surface area contributed by atoms with Crippen molar-refractivity contribution >= 4 is 38.6 Å². The minimum Gasteiger partial charge on any atom is -0.353 e. The minimum atomic E-state index is -0.0324. The van der Waals surface area contributed by atoms with Gasteiger partial charge in [-0.1, -0.05) is 18.2 Å². The molecule has 25 heavy (non-hydrogen) atoms. The van der Waals surface area contributed by atoms with E-state index in [0.717, 1.165) is 45.7 Å². The number of aromatic amines is 2. The average Bonchev–Trinajstić information content (AvgIpc) is 3.21. The first-order valence-corrected chi connectivity index (χ1v) is 8.44. The number of amides is 1. The molecule has 4 aromatic rings. The molecule has 1 amide bonds. The molecule has 0 unspecified atom stereocenters. The molecule has 4 rings (SSSR count). The summed E-state index contributed by atoms with van der Waals surface area (Å²) in [4.78, 5) is 18.2. The monoisotopic (exact) mass is 335 g/mol. The Morgan fingerprint density at radius 1 is 1.20 bits per heavy atom. The first-order valence-electron chi connectivity index (χ1n) is 8.44. The van der Waals surface area contributed by atoms with Gasteiger partial charge in [-0.05, 0) is 39.2 Å². The molecule has 128 valence electrons. The molecule has 0 bridgehead atoms. The van der Waals surface area contributed by atoms with Crippen molar-refractivity contribution in [1.82, 2.24) is 25.4 Å². The maximum absolute atomic E-state index is 12.7. The van der Waals surface area contributed by atoms with Crippen molar-refractivity contribution in [2.45, 2.75) is 6.42 Å². The second-order valence-electron chi connectivity index (χ2n) is 6.59. The summed E-state index contributed by atoms with van der Waals surface area (Å²) < 4.78 is 0. The van der Waals surface area contributed by atoms with E-state index in [0.29, 0.717) is 12.1 Å². The Kier molecular flexibility index (Phi) is 3.89. The van der Waals surface area contributed by atoms with Crippen LogP contribution in [0.4, 0.5) is 0 Å². The number of nitrogens with one attached hydrogen (secondary N) is 3. The van der Waals surface area contributed by atoms with Gasteiger partial charge in [-0.2, -0.15) is 5.10 Å². The second-order valence-corrected chi connectivity index (χ2v) is 6.59. The molecule has 0 aliphatic heterocycles. The molecule has 3 N–H and O–H groups in total. The number of H-pyrrole nitrogens is 2. The Morgan fingerprint density at radius 3 is 2.92 bits per heavy atom. The zero-order valence-electron chi connectivity index (χ0n) is 14.4. The standard InChI is InChI=1S/C19H21N5O/c1-24(2)10-4-9-20-19(25)14-5-3-6-15-16(14)13-8-7-12-11-21-23-17(12)18(13)22-15/h3,5-8,11,22H,4,9-10H2,1-2H3,(H,20,25)(H,21,23). The molecule has 0 aliphatic rings. The van der Waals surface area contributed by atoms with Gasteiger partial charge in [0.05, 0.1) is 17.2 Å². The van der Waals surface area contributed by atoms with Gasteiger partial charge in [0, 0.05) is 33.8 Å². The minimum absolute atomic E-state index is 0.0324. The number of hydrogen-bond donors (Lipinski definition) is 3. The summed E-state index contributed by atoms with van der Waals surface area (Å²) in [6.07, 6.45) is 2.73. The lowest BCUT2D eigenvalue weighted by Crippen LogP contribution is -2.27. The highest BCUT2D eigenvalue weighted by atomic mass is 16.1. The smallest absolute Gasteiger partial charge is 0.251 e. The highest BCUT2D eigenvalue weighted by molar-refractivity contribution is 6.21. The fraction of sp³-hybridized carbons (Fsp3) is 0.263. The summed E-state index contributed by atoms with van der Waals surface area (Å²) in [7, 11) is 4.06. The predicted molar refractivity (Wildman–Crippen MR) is 101 cm³/mol. The summed E-state index contributed by atoms with van der Waals surface area (Å²) in [5.41, 5.74) is 3.61. The van der Waals surface area contributed by atoms with Crippen LogP contribution in [0.2, 0.25) is 0 Å². The highest BCUT2D eigenvalue weighted by Crippen LogP contribution is 2.32. The molecule has 2 aromatic heterocycles. The highest BCUT2D eigenvalue weighted by Gasteiger charge is 2.15. The van der Waals surface area contributed by atoms with Gasteiger partial charge in [0.15, 0.2) is 0 Å². The van der Waals surface area contributed by atoms with E-state index in [1.165, 1.54) is 0 Å². The molecule has 2 aromatic carbocycles. The normalized spacial score (nSPS) is 11.8. The van der Waals surface area contributed by atoms with Gasteiger partial charge < -0.3 is 15.2 Å². The zero-order chi connectivity index (χ0) is 17.4. The average molecular weight is 335 g/mol. The maximum Gasteiger partial charge on any atom is 0.251 e. The molecule has 0 fully saturated rings. The van der Waals surface area contributed by atoms with Crippen molar-refractivity contribution < 1.29 is 4.79 Å². The summed E-state index contributed by atoms with van der Waals surface area (Å²) in [6, 6.07) is 9.88. The van der Waals surface area contributed by atoms with Crippen LogP contribution in [-0.2, 0) is 0 Å². The summed E-state index contributed by atoms with van der Waals surface area (Å²) in [5, 5.41) is 13.2. The lowest BCUT2D eigenvalue weighted by molar-refractivity contribution is 0.0954. The van der Waals surface area contributed by atoms with Crippen LogP contribution in [0.25, 0.3) is 32.7 Å². The molecular formula is C19H21N5O. The van der Waals surface area contributed by atoms with Gasteiger partial charge in [-0.3, -0.25) is 9.89 Å². The number of aromatic nitrogens is 3. The Balaban J connectivity index is 1.74. The molecule has 0 aliphatic carbocycles. The number of hydrogen-bond acceptors (Lipinski definition) is 3. The van der Waals surface area contributed by atoms with Gasteiger partial charge >= 0.3 is 0 Å². The Hall–Kier alpha value is -2.86. The number of carbonyl (C=O) groups excluding carboxylic acids is 1. The van der Waals surface area contributed by atoms with Gasteiger partial charge in [-0.25, -0.2) is 0 Å². The van der Waals surface area contributed by atoms with E-state index in [1.54, 1.807) is 6.20 Å². The van der Waals surface area contributed by atoms with Crippen molar-refractivity contribution in [1.29, 1.82) is 0 Å². The zero-order valence-corrected chi connectivity index (χ0v) is 14.4. The lowest BCUT2D eigenvalue weighted by Gasteiger charge is -2.10. The predicted octanol–water partition coefficient (Wildman–Crippen LogP) is 2.88. The molecule has 0 radical (unpaired) electrons. The number of nitrogens with zero attached hydrogens (tertiary/aromatic N) is 2. The maximum atomic E-state index is 12.7. The SMILES string of the molecule is CN(C)CCCNC(=O)c1cccc2[nH]c3c(ccc4cn[nH]c43)c12. The van der Waals surface area contributed by atoms with Crippen LogP contribution in [0.1, 0.15) is 16.8 Å². The number of benzene rings is 2. The van der Waals surface area contributed by atoms with Gasteiger partial charge in [0.1, 0.15) is 0 Å². The molecule has 6 heteroatoms. The van der Waals surface area contributed by atoms with E-state index in [1.807, 2.05) is 38.4 Å². The molecule has 6 nitrogen and oxygen atoms in total. The molecule has 2 heterocycles. The van der Waals surface area contributed by atoms with Crippen molar-refractivity contribution in [3.63, 3.8) is 0 Å². The molecule has 0 saturated carbocycles. The van der Waals surface area contributed by atoms with Crippen LogP contribution in [0.15, 0.2) is 36.5 Å². The molecule has 0 spiro atoms. The third-order valence-electron chi connectivity index (χ3n) is 4.52. The second kappa shape index (κ2) is 6.22. The Bertz CT molecular complexity index is 1060. The number of carbonyl (C=O) groups is 1. The fourth-order valence-electron chi connectivity index (χ4n) is 3.31. The van der Waals surface area contributed by atoms with Crippen LogP contribution < -0.4 is 5.32 Å². The van der Waals surface area contributed by atoms with Crippen LogP contribution in [0, 0.1) is 0 Å². The summed E-state index contributed by atoms with van der Waals surface area (Å²) in [5.74, 6) is -0.0324. The van der Waals surface area contributed by atoms with Crippen LogP contribution in [0.5, 0.6) is 0 Å². The molecule has 0 atom stereocenters. The van der Waals surface area contributed by atoms with Crippen LogP contribution in [-0.4, -0.2) is 53.2 Å². The summed E-state index contributed by atoms with van der Waals surface area (Å²) >= 11 is 0. The van der Waals surface area contributed by atoms with E-state index in [2.05, 4.69) is 31.5 Å². The van der Waals surface area contributed by atoms with Crippen LogP contribution >= 0.6 is 0 Å². The van der Waals surface area contributed by atoms with E-state index in [9.17, 15) is 4.79 Å². The van der Waals surface area contributed by atoms with Gasteiger partial charge in [0.2, 0.25) is 0 Å². The first-order chi connectivity index (χ1) is 12.1. The van der Waals surface area contributed by atoms with Crippen molar-refractivity contribution in [3.05, 3.63) is 42.1 Å². The first kappa shape index (κ1) is 15.7. The van der Waals surface area contributed by atoms with E-state index in [-0.39, 0.29) is 5.91 Å². The topological polar surface area (TPSA) is 76.8 Å². The largest absolute Gasteiger partial charge is 0.353 e. The van der Waals surface area contributed by atoms with Crippen LogP contribution in [0.3, 0.4) is 0 Å². The Labute approximate surface area is 145 Å². The van der Waals surface area contributed by atoms with E-state index >= 15 is 0 Å². The molecular weight excluding hydrogens is 314 g/mol. The van der Waals surface area contributed by atoms with Crippen molar-refractivity contribution in [2.75, 3.05) is 27.2 Å². The fourth-order valence-corrected chi connectivity index (χ4v) is 3.31. The van der Waals surface area contributed by atoms with Crippen molar-refractivity contribution in [3.8, 4) is 0 Å². The third kappa shape index (κ3) is 2.74. The number of rotatable bonds is 5. The quantitative estimate of drug-likeness (QED) is 0.491. The van der Waals surface area contributed by atoms with Gasteiger partial charge in [0.25, 0.3) is 5.91 Å². The lowest BCUT2D eigenvalue weighted by atomic mass is 10.0. The number of fused-ring (bicyclic) bond motifs is 5. The van der Waals surface area contributed by atoms with Gasteiger partial charge in [-0.15, -0.1) is 0 Å². The van der Waals surface area contributed by atoms with E-state index < -0.39 is 0 Å². The summed E-state index contributed by atoms with van der Waals surface area (Å²) in [6.45, 7) is 1.62. The Morgan fingerprint density at radius 2 is 2.08 bits per heavy atom. The van der Waals surface area contributed by atoms with Crippen molar-refractivity contribution in [2.24, 2.45) is 0 Å². The third-order valence-corrected chi connectivity index (χ3v) is 4.52.